The summed E-state index contributed by atoms with van der Waals surface area (Å²) in [7, 11) is 1.72. The molecule has 2 N–H and O–H groups in total. The van der Waals surface area contributed by atoms with Crippen molar-refractivity contribution in [1.29, 1.82) is 0 Å². The smallest absolute Gasteiger partial charge is 0.257 e. The van der Waals surface area contributed by atoms with Crippen molar-refractivity contribution in [2.45, 2.75) is 26.0 Å². The van der Waals surface area contributed by atoms with Gasteiger partial charge in [0, 0.05) is 38.9 Å². The third-order valence-corrected chi connectivity index (χ3v) is 3.83. The Hall–Kier alpha value is -2.15. The number of pyridine rings is 1. The van der Waals surface area contributed by atoms with E-state index >= 15 is 0 Å². The lowest BCUT2D eigenvalue weighted by molar-refractivity contribution is -0.143. The van der Waals surface area contributed by atoms with E-state index in [1.807, 2.05) is 6.92 Å². The van der Waals surface area contributed by atoms with Crippen LogP contribution in [-0.4, -0.2) is 70.5 Å². The number of nitrogens with one attached hydrogen (secondary N) is 1. The van der Waals surface area contributed by atoms with E-state index in [1.165, 1.54) is 6.92 Å². The first-order valence-electron chi connectivity index (χ1n) is 7.36. The molecular formula is C15H22N4O3. The minimum Gasteiger partial charge on any atom is -0.384 e. The largest absolute Gasteiger partial charge is 0.384 e. The number of carbonyl (C=O) groups excluding carboxylic acids is 2. The molecule has 1 aromatic rings. The zero-order valence-corrected chi connectivity index (χ0v) is 13.1. The number of hydrogen-bond acceptors (Lipinski definition) is 5. The Balaban J connectivity index is 2.10. The van der Waals surface area contributed by atoms with E-state index in [0.29, 0.717) is 31.0 Å². The summed E-state index contributed by atoms with van der Waals surface area (Å²) in [5.74, 6) is 0.146. The van der Waals surface area contributed by atoms with Crippen molar-refractivity contribution in [2.24, 2.45) is 0 Å². The SMILES string of the molecule is CNc1ncccc1C(=O)N1CCN(C(=O)C(C)O)C(C)C1. The summed E-state index contributed by atoms with van der Waals surface area (Å²) in [5.41, 5.74) is 0.521. The van der Waals surface area contributed by atoms with E-state index in [4.69, 9.17) is 0 Å². The topological polar surface area (TPSA) is 85.8 Å². The number of amides is 2. The van der Waals surface area contributed by atoms with Crippen LogP contribution < -0.4 is 5.32 Å². The summed E-state index contributed by atoms with van der Waals surface area (Å²) < 4.78 is 0. The second-order valence-corrected chi connectivity index (χ2v) is 5.46. The highest BCUT2D eigenvalue weighted by atomic mass is 16.3. The molecule has 2 atom stereocenters. The molecule has 1 fully saturated rings. The van der Waals surface area contributed by atoms with Crippen molar-refractivity contribution in [2.75, 3.05) is 32.0 Å². The van der Waals surface area contributed by atoms with Crippen LogP contribution in [0.3, 0.4) is 0 Å². The highest BCUT2D eigenvalue weighted by Crippen LogP contribution is 2.18. The molecule has 0 radical (unpaired) electrons. The van der Waals surface area contributed by atoms with Gasteiger partial charge in [-0.2, -0.15) is 0 Å². The van der Waals surface area contributed by atoms with E-state index in [2.05, 4.69) is 10.3 Å². The zero-order valence-electron chi connectivity index (χ0n) is 13.1. The van der Waals surface area contributed by atoms with Gasteiger partial charge in [-0.15, -0.1) is 0 Å². The van der Waals surface area contributed by atoms with E-state index in [9.17, 15) is 14.7 Å². The van der Waals surface area contributed by atoms with Gasteiger partial charge in [0.25, 0.3) is 11.8 Å². The maximum atomic E-state index is 12.6. The molecule has 120 valence electrons. The first-order chi connectivity index (χ1) is 10.5. The van der Waals surface area contributed by atoms with Gasteiger partial charge in [-0.1, -0.05) is 0 Å². The van der Waals surface area contributed by atoms with Crippen LogP contribution in [0.2, 0.25) is 0 Å². The van der Waals surface area contributed by atoms with Crippen LogP contribution >= 0.6 is 0 Å². The van der Waals surface area contributed by atoms with Gasteiger partial charge in [0.15, 0.2) is 0 Å². The third-order valence-electron chi connectivity index (χ3n) is 3.83. The molecule has 0 bridgehead atoms. The molecule has 1 aliphatic heterocycles. The Bertz CT molecular complexity index is 561. The van der Waals surface area contributed by atoms with Crippen molar-refractivity contribution in [1.82, 2.24) is 14.8 Å². The fourth-order valence-corrected chi connectivity index (χ4v) is 2.66. The number of carbonyl (C=O) groups is 2. The molecule has 2 heterocycles. The minimum atomic E-state index is -1.01. The fraction of sp³-hybridized carbons (Fsp3) is 0.533. The maximum absolute atomic E-state index is 12.6. The molecule has 1 aromatic heterocycles. The van der Waals surface area contributed by atoms with Gasteiger partial charge in [-0.25, -0.2) is 4.98 Å². The Morgan fingerprint density at radius 1 is 1.45 bits per heavy atom. The summed E-state index contributed by atoms with van der Waals surface area (Å²) in [4.78, 5) is 32.0. The lowest BCUT2D eigenvalue weighted by Gasteiger charge is -2.40. The molecule has 0 aliphatic carbocycles. The van der Waals surface area contributed by atoms with Crippen LogP contribution in [0.5, 0.6) is 0 Å². The number of aliphatic hydroxyl groups is 1. The highest BCUT2D eigenvalue weighted by molar-refractivity contribution is 5.98. The minimum absolute atomic E-state index is 0.103. The quantitative estimate of drug-likeness (QED) is 0.832. The van der Waals surface area contributed by atoms with Crippen LogP contribution in [-0.2, 0) is 4.79 Å². The number of aromatic nitrogens is 1. The van der Waals surface area contributed by atoms with Crippen LogP contribution in [0, 0.1) is 0 Å². The molecule has 2 amide bonds. The summed E-state index contributed by atoms with van der Waals surface area (Å²) in [6.45, 7) is 4.64. The van der Waals surface area contributed by atoms with Gasteiger partial charge < -0.3 is 20.2 Å². The monoisotopic (exact) mass is 306 g/mol. The Kier molecular flexibility index (Phi) is 4.97. The predicted molar refractivity (Wildman–Crippen MR) is 82.5 cm³/mol. The van der Waals surface area contributed by atoms with E-state index in [1.54, 1.807) is 35.2 Å². The summed E-state index contributed by atoms with van der Waals surface area (Å²) in [6, 6.07) is 3.33. The zero-order chi connectivity index (χ0) is 16.3. The van der Waals surface area contributed by atoms with Crippen LogP contribution in [0.25, 0.3) is 0 Å². The van der Waals surface area contributed by atoms with E-state index in [-0.39, 0.29) is 17.9 Å². The number of hydrogen-bond donors (Lipinski definition) is 2. The average molecular weight is 306 g/mol. The molecule has 22 heavy (non-hydrogen) atoms. The summed E-state index contributed by atoms with van der Waals surface area (Å²) in [5, 5.41) is 12.3. The molecule has 7 nitrogen and oxygen atoms in total. The second kappa shape index (κ2) is 6.74. The molecule has 0 spiro atoms. The van der Waals surface area contributed by atoms with Gasteiger partial charge >= 0.3 is 0 Å². The Labute approximate surface area is 129 Å². The standard InChI is InChI=1S/C15H22N4O3/c1-10-9-18(7-8-19(10)14(21)11(2)20)15(22)12-5-4-6-17-13(12)16-3/h4-6,10-11,20H,7-9H2,1-3H3,(H,16,17). The average Bonchev–Trinajstić information content (AvgIpc) is 2.53. The molecule has 2 unspecified atom stereocenters. The second-order valence-electron chi connectivity index (χ2n) is 5.46. The fourth-order valence-electron chi connectivity index (χ4n) is 2.66. The third kappa shape index (κ3) is 3.19. The molecular weight excluding hydrogens is 284 g/mol. The normalized spacial score (nSPS) is 19.7. The Morgan fingerprint density at radius 3 is 2.77 bits per heavy atom. The number of nitrogens with zero attached hydrogens (tertiary/aromatic N) is 3. The van der Waals surface area contributed by atoms with Gasteiger partial charge in [0.05, 0.1) is 5.56 Å². The maximum Gasteiger partial charge on any atom is 0.257 e. The molecule has 2 rings (SSSR count). The first kappa shape index (κ1) is 16.2. The molecule has 0 aromatic carbocycles. The number of aliphatic hydroxyl groups excluding tert-OH is 1. The summed E-state index contributed by atoms with van der Waals surface area (Å²) in [6.07, 6.45) is 0.615. The molecule has 7 heteroatoms. The van der Waals surface area contributed by atoms with E-state index < -0.39 is 6.10 Å². The number of anilines is 1. The lowest BCUT2D eigenvalue weighted by Crippen LogP contribution is -2.57. The van der Waals surface area contributed by atoms with Crippen LogP contribution in [0.4, 0.5) is 5.82 Å². The van der Waals surface area contributed by atoms with Gasteiger partial charge in [0.2, 0.25) is 0 Å². The molecule has 0 saturated carbocycles. The highest BCUT2D eigenvalue weighted by Gasteiger charge is 2.32. The van der Waals surface area contributed by atoms with Gasteiger partial charge in [-0.05, 0) is 26.0 Å². The molecule has 1 aliphatic rings. The van der Waals surface area contributed by atoms with Crippen LogP contribution in [0.1, 0.15) is 24.2 Å². The lowest BCUT2D eigenvalue weighted by atomic mass is 10.1. The van der Waals surface area contributed by atoms with Crippen molar-refractivity contribution in [3.63, 3.8) is 0 Å². The van der Waals surface area contributed by atoms with Crippen LogP contribution in [0.15, 0.2) is 18.3 Å². The first-order valence-corrected chi connectivity index (χ1v) is 7.36. The van der Waals surface area contributed by atoms with Crippen molar-refractivity contribution >= 4 is 17.6 Å². The number of rotatable bonds is 3. The number of piperazine rings is 1. The predicted octanol–water partition coefficient (Wildman–Crippen LogP) is 0.177. The van der Waals surface area contributed by atoms with Crippen molar-refractivity contribution in [3.8, 4) is 0 Å². The van der Waals surface area contributed by atoms with Crippen molar-refractivity contribution < 1.29 is 14.7 Å². The summed E-state index contributed by atoms with van der Waals surface area (Å²) >= 11 is 0. The Morgan fingerprint density at radius 2 is 2.18 bits per heavy atom. The van der Waals surface area contributed by atoms with Gasteiger partial charge in [0.1, 0.15) is 11.9 Å². The van der Waals surface area contributed by atoms with E-state index in [0.717, 1.165) is 0 Å². The molecule has 1 saturated heterocycles. The van der Waals surface area contributed by atoms with Gasteiger partial charge in [-0.3, -0.25) is 9.59 Å². The van der Waals surface area contributed by atoms with Crippen molar-refractivity contribution in [3.05, 3.63) is 23.9 Å².